The number of para-hydroxylation sites is 2. The second-order valence-corrected chi connectivity index (χ2v) is 11.3. The first-order valence-electron chi connectivity index (χ1n) is 12.5. The Morgan fingerprint density at radius 3 is 2.42 bits per heavy atom. The van der Waals surface area contributed by atoms with Crippen LogP contribution in [0.2, 0.25) is 5.02 Å². The van der Waals surface area contributed by atoms with E-state index in [-0.39, 0.29) is 11.7 Å². The van der Waals surface area contributed by atoms with Crippen molar-refractivity contribution in [1.29, 1.82) is 0 Å². The van der Waals surface area contributed by atoms with Gasteiger partial charge >= 0.3 is 0 Å². The van der Waals surface area contributed by atoms with Crippen molar-refractivity contribution < 1.29 is 9.18 Å². The van der Waals surface area contributed by atoms with Gasteiger partial charge in [0, 0.05) is 49.5 Å². The summed E-state index contributed by atoms with van der Waals surface area (Å²) in [5.74, 6) is 0.513. The number of rotatable bonds is 7. The number of hydrogen-bond donors (Lipinski definition) is 0. The molecule has 3 aromatic heterocycles. The third kappa shape index (κ3) is 5.45. The third-order valence-corrected chi connectivity index (χ3v) is 8.81. The number of aromatic nitrogens is 5. The summed E-state index contributed by atoms with van der Waals surface area (Å²) in [4.78, 5) is 25.9. The molecular weight excluding hydrogens is 569 g/mol. The molecule has 202 valence electrons. The second kappa shape index (κ2) is 11.7. The number of piperazine rings is 1. The second-order valence-electron chi connectivity index (χ2n) is 8.97. The number of nitrogens with zero attached hydrogens (tertiary/aromatic N) is 7. The number of thioether (sulfide) groups is 1. The van der Waals surface area contributed by atoms with Crippen LogP contribution in [0.4, 0.5) is 10.1 Å². The lowest BCUT2D eigenvalue weighted by Gasteiger charge is -2.36. The summed E-state index contributed by atoms with van der Waals surface area (Å²) in [6.45, 7) is 2.59. The highest BCUT2D eigenvalue weighted by atomic mass is 35.5. The molecule has 1 aliphatic heterocycles. The molecule has 5 aromatic rings. The van der Waals surface area contributed by atoms with Crippen LogP contribution in [0, 0.1) is 5.82 Å². The molecule has 8 nitrogen and oxygen atoms in total. The van der Waals surface area contributed by atoms with Gasteiger partial charge in [0.05, 0.1) is 22.2 Å². The zero-order valence-corrected chi connectivity index (χ0v) is 23.5. The van der Waals surface area contributed by atoms with Crippen LogP contribution in [-0.2, 0) is 5.75 Å². The molecule has 40 heavy (non-hydrogen) atoms. The van der Waals surface area contributed by atoms with Gasteiger partial charge in [0.1, 0.15) is 16.5 Å². The van der Waals surface area contributed by atoms with Crippen LogP contribution in [-0.4, -0.2) is 61.7 Å². The molecule has 0 saturated carbocycles. The average molecular weight is 592 g/mol. The Bertz CT molecular complexity index is 1640. The predicted octanol–water partition coefficient (Wildman–Crippen LogP) is 5.83. The fourth-order valence-electron chi connectivity index (χ4n) is 4.52. The summed E-state index contributed by atoms with van der Waals surface area (Å²) in [6.07, 6.45) is 3.32. The van der Waals surface area contributed by atoms with Crippen molar-refractivity contribution in [3.63, 3.8) is 0 Å². The molecule has 6 rings (SSSR count). The van der Waals surface area contributed by atoms with Gasteiger partial charge in [-0.3, -0.25) is 14.3 Å². The van der Waals surface area contributed by atoms with Crippen LogP contribution in [0.1, 0.15) is 15.5 Å². The molecule has 0 aliphatic carbocycles. The van der Waals surface area contributed by atoms with E-state index in [1.165, 1.54) is 29.2 Å². The van der Waals surface area contributed by atoms with E-state index >= 15 is 0 Å². The van der Waals surface area contributed by atoms with Crippen molar-refractivity contribution in [3.05, 3.63) is 100.0 Å². The zero-order chi connectivity index (χ0) is 27.5. The lowest BCUT2D eigenvalue weighted by molar-refractivity contribution is 0.0741. The number of carbonyl (C=O) groups excluding carboxylic acids is 1. The van der Waals surface area contributed by atoms with Crippen LogP contribution < -0.4 is 4.90 Å². The summed E-state index contributed by atoms with van der Waals surface area (Å²) < 4.78 is 16.5. The van der Waals surface area contributed by atoms with Crippen molar-refractivity contribution in [2.24, 2.45) is 0 Å². The fraction of sp³-hybridized carbons (Fsp3) is 0.179. The van der Waals surface area contributed by atoms with Crippen LogP contribution in [0.15, 0.2) is 83.6 Å². The molecular formula is C28H23ClFN7OS2. The zero-order valence-electron chi connectivity index (χ0n) is 21.2. The summed E-state index contributed by atoms with van der Waals surface area (Å²) in [6, 6.07) is 17.9. The Kier molecular flexibility index (Phi) is 7.76. The monoisotopic (exact) mass is 591 g/mol. The van der Waals surface area contributed by atoms with Gasteiger partial charge < -0.3 is 9.80 Å². The van der Waals surface area contributed by atoms with Gasteiger partial charge in [-0.2, -0.15) is 0 Å². The Hall–Kier alpha value is -3.80. The van der Waals surface area contributed by atoms with E-state index in [4.69, 9.17) is 11.6 Å². The first-order chi connectivity index (χ1) is 19.6. The van der Waals surface area contributed by atoms with E-state index in [1.807, 2.05) is 41.3 Å². The highest BCUT2D eigenvalue weighted by molar-refractivity contribution is 7.98. The fourth-order valence-corrected chi connectivity index (χ4v) is 6.51. The quantitative estimate of drug-likeness (QED) is 0.220. The minimum Gasteiger partial charge on any atom is -0.367 e. The number of pyridine rings is 1. The van der Waals surface area contributed by atoms with Gasteiger partial charge in [-0.05, 0) is 36.4 Å². The summed E-state index contributed by atoms with van der Waals surface area (Å²) in [7, 11) is 0. The number of halogens is 2. The molecule has 0 spiro atoms. The minimum atomic E-state index is -0.378. The first kappa shape index (κ1) is 26.4. The number of amides is 1. The number of benzene rings is 2. The smallest absolute Gasteiger partial charge is 0.273 e. The predicted molar refractivity (Wildman–Crippen MR) is 156 cm³/mol. The van der Waals surface area contributed by atoms with Crippen molar-refractivity contribution in [3.8, 4) is 17.1 Å². The molecule has 0 unspecified atom stereocenters. The van der Waals surface area contributed by atoms with E-state index in [1.54, 1.807) is 40.5 Å². The Balaban J connectivity index is 1.15. The number of anilines is 1. The SMILES string of the molecule is O=C(c1csc(CSc2nnc(-c3ccncc3)n2-c2ccccc2F)n1)N1CCN(c2ccccc2Cl)CC1. The van der Waals surface area contributed by atoms with Crippen LogP contribution in [0.3, 0.4) is 0 Å². The van der Waals surface area contributed by atoms with Gasteiger partial charge in [-0.25, -0.2) is 9.37 Å². The van der Waals surface area contributed by atoms with Crippen LogP contribution >= 0.6 is 34.7 Å². The average Bonchev–Trinajstić information content (AvgIpc) is 3.64. The van der Waals surface area contributed by atoms with Crippen molar-refractivity contribution >= 4 is 46.3 Å². The summed E-state index contributed by atoms with van der Waals surface area (Å²) in [5, 5.41) is 12.5. The highest BCUT2D eigenvalue weighted by Gasteiger charge is 2.25. The Morgan fingerprint density at radius 1 is 0.950 bits per heavy atom. The third-order valence-electron chi connectivity index (χ3n) is 6.52. The van der Waals surface area contributed by atoms with Gasteiger partial charge in [-0.1, -0.05) is 47.6 Å². The number of thiazole rings is 1. The topological polar surface area (TPSA) is 80.0 Å². The van der Waals surface area contributed by atoms with Crippen molar-refractivity contribution in [2.75, 3.05) is 31.1 Å². The number of carbonyl (C=O) groups is 1. The van der Waals surface area contributed by atoms with E-state index < -0.39 is 0 Å². The maximum atomic E-state index is 14.8. The molecule has 1 saturated heterocycles. The van der Waals surface area contributed by atoms with E-state index in [0.717, 1.165) is 16.3 Å². The van der Waals surface area contributed by atoms with E-state index in [9.17, 15) is 9.18 Å². The molecule has 0 bridgehead atoms. The molecule has 0 radical (unpaired) electrons. The molecule has 12 heteroatoms. The molecule has 1 aliphatic rings. The van der Waals surface area contributed by atoms with Crippen molar-refractivity contribution in [2.45, 2.75) is 10.9 Å². The normalized spacial score (nSPS) is 13.6. The van der Waals surface area contributed by atoms with Gasteiger partial charge in [0.15, 0.2) is 11.0 Å². The minimum absolute atomic E-state index is 0.0826. The molecule has 0 N–H and O–H groups in total. The van der Waals surface area contributed by atoms with Crippen molar-refractivity contribution in [1.82, 2.24) is 29.6 Å². The van der Waals surface area contributed by atoms with E-state index in [0.29, 0.717) is 59.3 Å². The molecule has 2 aromatic carbocycles. The molecule has 1 amide bonds. The van der Waals surface area contributed by atoms with Crippen LogP contribution in [0.5, 0.6) is 0 Å². The lowest BCUT2D eigenvalue weighted by atomic mass is 10.2. The lowest BCUT2D eigenvalue weighted by Crippen LogP contribution is -2.49. The first-order valence-corrected chi connectivity index (χ1v) is 14.8. The maximum absolute atomic E-state index is 14.8. The molecule has 0 atom stereocenters. The largest absolute Gasteiger partial charge is 0.367 e. The van der Waals surface area contributed by atoms with Gasteiger partial charge in [0.25, 0.3) is 5.91 Å². The molecule has 4 heterocycles. The number of hydrogen-bond acceptors (Lipinski definition) is 8. The van der Waals surface area contributed by atoms with Crippen LogP contribution in [0.25, 0.3) is 17.1 Å². The van der Waals surface area contributed by atoms with Gasteiger partial charge in [0.2, 0.25) is 0 Å². The Morgan fingerprint density at radius 2 is 1.68 bits per heavy atom. The molecule has 1 fully saturated rings. The summed E-state index contributed by atoms with van der Waals surface area (Å²) in [5.41, 5.74) is 2.54. The standard InChI is InChI=1S/C28H23ClFN7OS2/c29-20-5-1-3-7-23(20)35-13-15-36(16-14-35)27(38)22-17-39-25(32-22)18-40-28-34-33-26(19-9-11-31-12-10-19)37(28)24-8-4-2-6-21(24)30/h1-12,17H,13-16,18H2. The maximum Gasteiger partial charge on any atom is 0.273 e. The van der Waals surface area contributed by atoms with Gasteiger partial charge in [-0.15, -0.1) is 21.5 Å². The highest BCUT2D eigenvalue weighted by Crippen LogP contribution is 2.31. The van der Waals surface area contributed by atoms with E-state index in [2.05, 4.69) is 25.1 Å². The Labute approximate surface area is 243 Å². The summed E-state index contributed by atoms with van der Waals surface area (Å²) >= 11 is 9.16.